The maximum Gasteiger partial charge on any atom is 0.416 e. The Morgan fingerprint density at radius 1 is 0.444 bits per heavy atom. The Kier molecular flexibility index (Phi) is 34.5. The Morgan fingerprint density at radius 2 is 0.867 bits per heavy atom. The van der Waals surface area contributed by atoms with E-state index in [0.717, 1.165) is 82.9 Å². The summed E-state index contributed by atoms with van der Waals surface area (Å²) < 4.78 is 110. The molecule has 4 unspecified atom stereocenters. The second-order valence-corrected chi connectivity index (χ2v) is 42.1. The molecule has 13 aromatic rings. The van der Waals surface area contributed by atoms with Crippen LogP contribution >= 0.6 is 11.8 Å². The average Bonchev–Trinajstić information content (AvgIpc) is 1.59. The predicted molar refractivity (Wildman–Crippen MR) is 528 cm³/mol. The number of hydrogen-bond donors (Lipinski definition) is 1. The number of anilines is 1. The molecule has 13 aromatic carbocycles. The Balaban J connectivity index is 0.849. The van der Waals surface area contributed by atoms with Crippen LogP contribution < -0.4 is 10.1 Å². The molecule has 3 aliphatic heterocycles. The molecule has 0 spiro atoms. The van der Waals surface area contributed by atoms with Gasteiger partial charge in [0, 0.05) is 16.3 Å². The molecule has 20 heteroatoms. The molecule has 14 atom stereocenters. The second-order valence-electron chi connectivity index (χ2n) is 36.2. The number of nitrogens with one attached hydrogen (secondary N) is 1. The van der Waals surface area contributed by atoms with E-state index in [0.29, 0.717) is 25.2 Å². The first-order valence-corrected chi connectivity index (χ1v) is 50.7. The second kappa shape index (κ2) is 48.3. The monoisotopic (exact) mass is 1850 g/mol. The standard InChI is InChI=1S/C115H121FN2O15SSi/c1-115(2,3)135(4,5)133-100(91-59-62-94(116)63-60-91)66-65-99(112(119)118-96(78-129-114(118)120)67-82-37-16-6-17-38-82)105(117-95-56-34-15-35-57-95)98-64-61-93(92-55-36-58-97(68-92)123-72-85-43-22-9-23-44-85)69-104(98)134-81-103-107(125-74-87-47-26-11-27-48-87)109(126-75-88-49-28-12-29-50-88)108(102(130-103)80-122-71-84-41-20-8-21-42-84)132-113-111(128-77-90-53-32-14-33-54-90)110(127-76-89-51-30-13-31-52-89)106(124-73-86-45-24-10-25-46-86)101(131-113)79-121-70-83-39-18-7-19-40-83/h6-64,68-69,96,99-103,105-111,113,117H,65-67,70-81H2,1-5H3/t96-,99+,100-,101?,102?,103-,105+,106+,107?,108+,109-,110+,111?,113-/m0/s1. The summed E-state index contributed by atoms with van der Waals surface area (Å²) in [5.74, 6) is -0.979. The number of rotatable bonds is 45. The van der Waals surface area contributed by atoms with Crippen molar-refractivity contribution in [3.05, 3.63) is 437 Å². The Hall–Kier alpha value is -11.5. The summed E-state index contributed by atoms with van der Waals surface area (Å²) in [7, 11) is -2.64. The summed E-state index contributed by atoms with van der Waals surface area (Å²) >= 11 is 1.56. The molecule has 3 aliphatic rings. The summed E-state index contributed by atoms with van der Waals surface area (Å²) in [6, 6.07) is 120. The van der Waals surface area contributed by atoms with Gasteiger partial charge in [0.05, 0.1) is 89.7 Å². The SMILES string of the molecule is CC(C)(C)[Si](C)(C)O[C@@H](CC[C@@H](C(=O)N1C(=O)OC[C@@H]1Cc1ccccc1)[C@H](Nc1ccccc1)c1ccc(-c2cccc(OCc3ccccc3)c2)cc1SC[C@@H]1OC(COCc2ccccc2)[C@@H](O[C@@H]2OC(COCc3ccccc3)[C@@H](OCc3ccccc3)[C@@H](OCc3ccccc3)C2OCc2ccccc2)[C@@H](OCc2ccccc2)C1OCc1ccccc1)c1ccc(F)cc1. The van der Waals surface area contributed by atoms with Crippen molar-refractivity contribution in [2.45, 2.75) is 195 Å². The Bertz CT molecular complexity index is 5740. The lowest BCUT2D eigenvalue weighted by atomic mass is 9.85. The zero-order valence-electron chi connectivity index (χ0n) is 77.3. The summed E-state index contributed by atoms with van der Waals surface area (Å²) in [6.07, 6.45) is -10.2. The number of carbonyl (C=O) groups is 2. The molecule has 3 fully saturated rings. The van der Waals surface area contributed by atoms with Gasteiger partial charge in [0.15, 0.2) is 14.6 Å². The number of nitrogens with zero attached hydrogens (tertiary/aromatic N) is 1. The molecule has 3 saturated heterocycles. The van der Waals surface area contributed by atoms with Gasteiger partial charge in [-0.05, 0) is 152 Å². The first-order valence-electron chi connectivity index (χ1n) is 46.8. The fraction of sp³-hybridized carbons (Fsp3) is 0.304. The van der Waals surface area contributed by atoms with Gasteiger partial charge in [-0.1, -0.05) is 348 Å². The number of thioether (sulfide) groups is 1. The fourth-order valence-corrected chi connectivity index (χ4v) is 19.8. The minimum atomic E-state index is -2.64. The van der Waals surface area contributed by atoms with Gasteiger partial charge in [0.25, 0.3) is 0 Å². The molecule has 0 radical (unpaired) electrons. The maximum absolute atomic E-state index is 17.0. The maximum atomic E-state index is 17.0. The van der Waals surface area contributed by atoms with Crippen LogP contribution in [-0.4, -0.2) is 118 Å². The van der Waals surface area contributed by atoms with Gasteiger partial charge < -0.3 is 66.6 Å². The number of cyclic esters (lactones) is 1. The van der Waals surface area contributed by atoms with Crippen LogP contribution in [0.25, 0.3) is 11.1 Å². The van der Waals surface area contributed by atoms with Gasteiger partial charge in [0.2, 0.25) is 5.91 Å². The molecular weight excluding hydrogens is 1730 g/mol. The van der Waals surface area contributed by atoms with Crippen molar-refractivity contribution in [3.63, 3.8) is 0 Å². The van der Waals surface area contributed by atoms with Crippen molar-refractivity contribution in [3.8, 4) is 16.9 Å². The van der Waals surface area contributed by atoms with Gasteiger partial charge in [-0.2, -0.15) is 0 Å². The van der Waals surface area contributed by atoms with Crippen molar-refractivity contribution < 1.29 is 75.2 Å². The molecule has 2 amide bonds. The van der Waals surface area contributed by atoms with Crippen molar-refractivity contribution in [2.75, 3.05) is 30.9 Å². The molecular formula is C115H121FN2O15SSi. The van der Waals surface area contributed by atoms with E-state index in [9.17, 15) is 4.79 Å². The van der Waals surface area contributed by atoms with E-state index in [4.69, 9.17) is 61.3 Å². The van der Waals surface area contributed by atoms with Crippen molar-refractivity contribution >= 4 is 37.8 Å². The number of carbonyl (C=O) groups excluding carboxylic acids is 2. The summed E-state index contributed by atoms with van der Waals surface area (Å²) in [5, 5.41) is 3.74. The van der Waals surface area contributed by atoms with Crippen LogP contribution in [0.5, 0.6) is 5.75 Å². The van der Waals surface area contributed by atoms with Crippen LogP contribution in [0.2, 0.25) is 18.1 Å². The third kappa shape index (κ3) is 27.0. The van der Waals surface area contributed by atoms with Gasteiger partial charge in [0.1, 0.15) is 73.6 Å². The molecule has 0 bridgehead atoms. The highest BCUT2D eigenvalue weighted by Crippen LogP contribution is 2.47. The van der Waals surface area contributed by atoms with E-state index >= 15 is 9.18 Å². The summed E-state index contributed by atoms with van der Waals surface area (Å²) in [5.41, 5.74) is 12.4. The van der Waals surface area contributed by atoms with E-state index in [1.807, 2.05) is 315 Å². The number of hydrogen-bond acceptors (Lipinski definition) is 17. The average molecular weight is 1850 g/mol. The fourth-order valence-electron chi connectivity index (χ4n) is 17.3. The highest BCUT2D eigenvalue weighted by Gasteiger charge is 2.55. The number of halogens is 1. The van der Waals surface area contributed by atoms with Crippen LogP contribution in [-0.2, 0) is 121 Å². The number of imide groups is 1. The van der Waals surface area contributed by atoms with E-state index in [1.54, 1.807) is 23.9 Å². The van der Waals surface area contributed by atoms with E-state index < -0.39 is 106 Å². The number of para-hydroxylation sites is 1. The lowest BCUT2D eigenvalue weighted by molar-refractivity contribution is -0.362. The van der Waals surface area contributed by atoms with Crippen molar-refractivity contribution in [1.29, 1.82) is 0 Å². The number of ether oxygens (including phenoxy) is 12. The van der Waals surface area contributed by atoms with E-state index in [2.05, 4.69) is 69.5 Å². The molecule has 698 valence electrons. The summed E-state index contributed by atoms with van der Waals surface area (Å²) in [6.45, 7) is 12.6. The third-order valence-corrected chi connectivity index (χ3v) is 31.2. The Labute approximate surface area is 799 Å². The minimum absolute atomic E-state index is 0.00992. The molecule has 0 aliphatic carbocycles. The third-order valence-electron chi connectivity index (χ3n) is 25.5. The van der Waals surface area contributed by atoms with Crippen LogP contribution in [0.3, 0.4) is 0 Å². The van der Waals surface area contributed by atoms with Crippen molar-refractivity contribution in [1.82, 2.24) is 4.90 Å². The quantitative estimate of drug-likeness (QED) is 0.0282. The molecule has 1 N–H and O–H groups in total. The van der Waals surface area contributed by atoms with Gasteiger partial charge in [-0.3, -0.25) is 4.79 Å². The van der Waals surface area contributed by atoms with Crippen LogP contribution in [0.15, 0.2) is 375 Å². The van der Waals surface area contributed by atoms with Crippen LogP contribution in [0.4, 0.5) is 14.9 Å². The molecule has 135 heavy (non-hydrogen) atoms. The predicted octanol–water partition coefficient (Wildman–Crippen LogP) is 24.3. The number of amides is 2. The zero-order chi connectivity index (χ0) is 93.0. The van der Waals surface area contributed by atoms with Gasteiger partial charge in [-0.15, -0.1) is 11.8 Å². The van der Waals surface area contributed by atoms with Gasteiger partial charge >= 0.3 is 6.09 Å². The lowest BCUT2D eigenvalue weighted by Gasteiger charge is -2.50. The zero-order valence-corrected chi connectivity index (χ0v) is 79.1. The molecule has 0 aromatic heterocycles. The topological polar surface area (TPSA) is 169 Å². The lowest BCUT2D eigenvalue weighted by Crippen LogP contribution is -2.66. The molecule has 16 rings (SSSR count). The normalized spacial score (nSPS) is 20.3. The Morgan fingerprint density at radius 3 is 1.36 bits per heavy atom. The highest BCUT2D eigenvalue weighted by molar-refractivity contribution is 7.99. The largest absolute Gasteiger partial charge is 0.489 e. The first kappa shape index (κ1) is 96.6. The first-order chi connectivity index (χ1) is 66.0. The van der Waals surface area contributed by atoms with Crippen molar-refractivity contribution in [2.24, 2.45) is 5.92 Å². The number of benzene rings is 13. The minimum Gasteiger partial charge on any atom is -0.489 e. The van der Waals surface area contributed by atoms with E-state index in [-0.39, 0.29) is 89.1 Å². The van der Waals surface area contributed by atoms with Crippen LogP contribution in [0.1, 0.15) is 107 Å². The molecule has 17 nitrogen and oxygen atoms in total. The molecule has 0 saturated carbocycles. The van der Waals surface area contributed by atoms with Crippen LogP contribution in [0, 0.1) is 11.7 Å². The highest BCUT2D eigenvalue weighted by atomic mass is 32.2. The van der Waals surface area contributed by atoms with E-state index in [1.165, 1.54) is 17.0 Å². The molecule has 3 heterocycles. The smallest absolute Gasteiger partial charge is 0.416 e. The summed E-state index contributed by atoms with van der Waals surface area (Å²) in [4.78, 5) is 34.1. The van der Waals surface area contributed by atoms with Gasteiger partial charge in [-0.25, -0.2) is 14.1 Å².